The summed E-state index contributed by atoms with van der Waals surface area (Å²) in [6, 6.07) is 11.8. The lowest BCUT2D eigenvalue weighted by Crippen LogP contribution is -2.18. The summed E-state index contributed by atoms with van der Waals surface area (Å²) in [6.07, 6.45) is -3.73. The van der Waals surface area contributed by atoms with Gasteiger partial charge in [0.1, 0.15) is 9.88 Å². The van der Waals surface area contributed by atoms with Gasteiger partial charge in [0.15, 0.2) is 0 Å². The Morgan fingerprint density at radius 3 is 2.54 bits per heavy atom. The number of ether oxygens (including phenoxy) is 1. The van der Waals surface area contributed by atoms with E-state index in [0.717, 1.165) is 35.1 Å². The van der Waals surface area contributed by atoms with E-state index in [1.54, 1.807) is 0 Å². The quantitative estimate of drug-likeness (QED) is 0.479. The summed E-state index contributed by atoms with van der Waals surface area (Å²) in [4.78, 5) is 26.7. The first-order chi connectivity index (χ1) is 13.2. The van der Waals surface area contributed by atoms with E-state index in [-0.39, 0.29) is 10.6 Å². The molecule has 1 amide bonds. The van der Waals surface area contributed by atoms with Crippen LogP contribution in [0.1, 0.15) is 9.67 Å². The van der Waals surface area contributed by atoms with Gasteiger partial charge in [0.2, 0.25) is 5.75 Å². The van der Waals surface area contributed by atoms with E-state index < -0.39 is 28.6 Å². The van der Waals surface area contributed by atoms with Crippen LogP contribution in [-0.2, 0) is 0 Å². The van der Waals surface area contributed by atoms with E-state index in [0.29, 0.717) is 5.01 Å². The molecule has 0 saturated carbocycles. The molecule has 1 heterocycles. The lowest BCUT2D eigenvalue weighted by Gasteiger charge is -2.10. The second-order valence-corrected chi connectivity index (χ2v) is 6.37. The fourth-order valence-electron chi connectivity index (χ4n) is 2.23. The fourth-order valence-corrected chi connectivity index (χ4v) is 3.05. The van der Waals surface area contributed by atoms with Crippen LogP contribution >= 0.6 is 11.3 Å². The van der Waals surface area contributed by atoms with Crippen LogP contribution in [0.2, 0.25) is 0 Å². The summed E-state index contributed by atoms with van der Waals surface area (Å²) in [6.45, 7) is 0. The molecule has 0 aliphatic heterocycles. The van der Waals surface area contributed by atoms with E-state index in [9.17, 15) is 28.1 Å². The van der Waals surface area contributed by atoms with Gasteiger partial charge in [-0.1, -0.05) is 30.3 Å². The Labute approximate surface area is 159 Å². The predicted molar refractivity (Wildman–Crippen MR) is 95.3 cm³/mol. The number of nitrogens with one attached hydrogen (secondary N) is 1. The number of amides is 1. The summed E-state index contributed by atoms with van der Waals surface area (Å²) in [5.74, 6) is -1.57. The molecule has 0 fully saturated rings. The molecule has 1 N–H and O–H groups in total. The minimum Gasteiger partial charge on any atom is -0.398 e. The summed E-state index contributed by atoms with van der Waals surface area (Å²) in [5.41, 5.74) is -0.166. The number of alkyl halides is 3. The number of anilines is 1. The number of benzene rings is 2. The summed E-state index contributed by atoms with van der Waals surface area (Å²) in [5, 5.41) is 14.0. The molecule has 0 unspecified atom stereocenters. The number of nitro benzene ring substituents is 1. The van der Waals surface area contributed by atoms with E-state index in [1.165, 1.54) is 6.20 Å². The Morgan fingerprint density at radius 2 is 1.89 bits per heavy atom. The van der Waals surface area contributed by atoms with Crippen LogP contribution in [0.5, 0.6) is 5.75 Å². The molecular formula is C17H10F3N3O4S. The third kappa shape index (κ3) is 4.62. The molecule has 0 radical (unpaired) electrons. The molecule has 0 aliphatic rings. The van der Waals surface area contributed by atoms with Crippen molar-refractivity contribution in [2.24, 2.45) is 0 Å². The van der Waals surface area contributed by atoms with Crippen molar-refractivity contribution in [1.29, 1.82) is 0 Å². The zero-order valence-corrected chi connectivity index (χ0v) is 14.6. The maximum atomic E-state index is 12.3. The van der Waals surface area contributed by atoms with Gasteiger partial charge in [-0.05, 0) is 12.1 Å². The number of carbonyl (C=O) groups is 1. The van der Waals surface area contributed by atoms with Crippen molar-refractivity contribution < 1.29 is 27.6 Å². The SMILES string of the molecule is O=C(Nc1ccc(OC(F)(F)F)c([N+](=O)[O-])c1)c1cnc(-c2ccccc2)s1. The average molecular weight is 409 g/mol. The van der Waals surface area contributed by atoms with Crippen LogP contribution < -0.4 is 10.1 Å². The van der Waals surface area contributed by atoms with E-state index in [2.05, 4.69) is 15.0 Å². The average Bonchev–Trinajstić information content (AvgIpc) is 3.12. The number of hydrogen-bond acceptors (Lipinski definition) is 6. The Hall–Kier alpha value is -3.47. The van der Waals surface area contributed by atoms with Crippen LogP contribution in [0.15, 0.2) is 54.7 Å². The van der Waals surface area contributed by atoms with Crippen molar-refractivity contribution in [3.8, 4) is 16.3 Å². The van der Waals surface area contributed by atoms with Crippen molar-refractivity contribution in [3.05, 3.63) is 69.7 Å². The highest BCUT2D eigenvalue weighted by Gasteiger charge is 2.34. The van der Waals surface area contributed by atoms with E-state index >= 15 is 0 Å². The molecule has 0 bridgehead atoms. The van der Waals surface area contributed by atoms with Crippen LogP contribution in [0.25, 0.3) is 10.6 Å². The molecule has 0 atom stereocenters. The molecule has 7 nitrogen and oxygen atoms in total. The standard InChI is InChI=1S/C17H10F3N3O4S/c18-17(19,20)27-13-7-6-11(8-12(13)23(25)26)22-15(24)14-9-21-16(28-14)10-4-2-1-3-5-10/h1-9H,(H,22,24). The van der Waals surface area contributed by atoms with Gasteiger partial charge in [-0.2, -0.15) is 0 Å². The van der Waals surface area contributed by atoms with Crippen LogP contribution in [0.4, 0.5) is 24.5 Å². The third-order valence-corrected chi connectivity index (χ3v) is 4.43. The van der Waals surface area contributed by atoms with E-state index in [1.807, 2.05) is 30.3 Å². The number of carbonyl (C=O) groups excluding carboxylic acids is 1. The molecule has 28 heavy (non-hydrogen) atoms. The van der Waals surface area contributed by atoms with Crippen molar-refractivity contribution in [3.63, 3.8) is 0 Å². The largest absolute Gasteiger partial charge is 0.573 e. The summed E-state index contributed by atoms with van der Waals surface area (Å²) < 4.78 is 40.6. The minimum absolute atomic E-state index is 0.0547. The summed E-state index contributed by atoms with van der Waals surface area (Å²) >= 11 is 1.10. The van der Waals surface area contributed by atoms with Crippen LogP contribution in [0, 0.1) is 10.1 Å². The smallest absolute Gasteiger partial charge is 0.398 e. The maximum absolute atomic E-state index is 12.3. The van der Waals surface area contributed by atoms with Gasteiger partial charge in [0.25, 0.3) is 5.91 Å². The van der Waals surface area contributed by atoms with Gasteiger partial charge < -0.3 is 10.1 Å². The first-order valence-electron chi connectivity index (χ1n) is 7.60. The normalized spacial score (nSPS) is 11.1. The highest BCUT2D eigenvalue weighted by Crippen LogP contribution is 2.34. The molecule has 3 aromatic rings. The number of halogens is 3. The van der Waals surface area contributed by atoms with Crippen molar-refractivity contribution in [2.45, 2.75) is 6.36 Å². The Bertz CT molecular complexity index is 1020. The number of hydrogen-bond donors (Lipinski definition) is 1. The number of nitrogens with zero attached hydrogens (tertiary/aromatic N) is 2. The number of rotatable bonds is 5. The second kappa shape index (κ2) is 7.64. The highest BCUT2D eigenvalue weighted by molar-refractivity contribution is 7.17. The monoisotopic (exact) mass is 409 g/mol. The molecule has 1 aromatic heterocycles. The molecule has 0 aliphatic carbocycles. The molecule has 0 saturated heterocycles. The number of thiazole rings is 1. The topological polar surface area (TPSA) is 94.4 Å². The van der Waals surface area contributed by atoms with Gasteiger partial charge in [0, 0.05) is 17.3 Å². The zero-order valence-electron chi connectivity index (χ0n) is 13.8. The first kappa shape index (κ1) is 19.3. The van der Waals surface area contributed by atoms with Gasteiger partial charge in [-0.15, -0.1) is 24.5 Å². The fraction of sp³-hybridized carbons (Fsp3) is 0.0588. The van der Waals surface area contributed by atoms with Crippen LogP contribution in [0.3, 0.4) is 0 Å². The van der Waals surface area contributed by atoms with Gasteiger partial charge >= 0.3 is 12.0 Å². The molecule has 3 rings (SSSR count). The third-order valence-electron chi connectivity index (χ3n) is 3.39. The second-order valence-electron chi connectivity index (χ2n) is 5.34. The maximum Gasteiger partial charge on any atom is 0.573 e. The predicted octanol–water partition coefficient (Wildman–Crippen LogP) is 4.87. The number of nitro groups is 1. The van der Waals surface area contributed by atoms with Gasteiger partial charge in [-0.3, -0.25) is 14.9 Å². The van der Waals surface area contributed by atoms with Crippen molar-refractivity contribution in [1.82, 2.24) is 4.98 Å². The van der Waals surface area contributed by atoms with E-state index in [4.69, 9.17) is 0 Å². The molecular weight excluding hydrogens is 399 g/mol. The van der Waals surface area contributed by atoms with Crippen LogP contribution in [-0.4, -0.2) is 22.2 Å². The lowest BCUT2D eigenvalue weighted by atomic mass is 10.2. The number of aromatic nitrogens is 1. The van der Waals surface area contributed by atoms with Gasteiger partial charge in [-0.25, -0.2) is 4.98 Å². The first-order valence-corrected chi connectivity index (χ1v) is 8.41. The minimum atomic E-state index is -5.08. The molecule has 11 heteroatoms. The Balaban J connectivity index is 1.80. The highest BCUT2D eigenvalue weighted by atomic mass is 32.1. The van der Waals surface area contributed by atoms with Crippen molar-refractivity contribution >= 4 is 28.6 Å². The Morgan fingerprint density at radius 1 is 1.18 bits per heavy atom. The lowest BCUT2D eigenvalue weighted by molar-refractivity contribution is -0.388. The molecule has 144 valence electrons. The Kier molecular flexibility index (Phi) is 5.27. The van der Waals surface area contributed by atoms with Crippen molar-refractivity contribution in [2.75, 3.05) is 5.32 Å². The zero-order chi connectivity index (χ0) is 20.3. The molecule has 0 spiro atoms. The molecule has 2 aromatic carbocycles. The summed E-state index contributed by atoms with van der Waals surface area (Å²) in [7, 11) is 0. The van der Waals surface area contributed by atoms with Gasteiger partial charge in [0.05, 0.1) is 11.1 Å².